The average Bonchev–Trinajstić information content (AvgIpc) is 2.71. The van der Waals surface area contributed by atoms with Crippen molar-refractivity contribution >= 4 is 17.6 Å². The summed E-state index contributed by atoms with van der Waals surface area (Å²) in [5, 5.41) is 8.11. The summed E-state index contributed by atoms with van der Waals surface area (Å²) in [6, 6.07) is 1.69. The number of aryl methyl sites for hydroxylation is 1. The lowest BCUT2D eigenvalue weighted by Gasteiger charge is -2.04. The van der Waals surface area contributed by atoms with Crippen LogP contribution in [0.1, 0.15) is 18.6 Å². The monoisotopic (exact) mass is 266 g/mol. The first-order chi connectivity index (χ1) is 8.67. The fourth-order valence-electron chi connectivity index (χ4n) is 1.26. The molecule has 0 atom stereocenters. The summed E-state index contributed by atoms with van der Waals surface area (Å²) in [4.78, 5) is 12.6. The van der Waals surface area contributed by atoms with E-state index in [4.69, 9.17) is 10.5 Å². The van der Waals surface area contributed by atoms with E-state index in [-0.39, 0.29) is 0 Å². The van der Waals surface area contributed by atoms with E-state index >= 15 is 0 Å². The summed E-state index contributed by atoms with van der Waals surface area (Å²) < 4.78 is 5.26. The number of nitrogen functional groups attached to an aromatic ring is 1. The summed E-state index contributed by atoms with van der Waals surface area (Å²) in [5.74, 6) is 1.73. The van der Waals surface area contributed by atoms with Crippen LogP contribution in [0.3, 0.4) is 0 Å². The van der Waals surface area contributed by atoms with Gasteiger partial charge in [0.2, 0.25) is 5.16 Å². The van der Waals surface area contributed by atoms with Gasteiger partial charge in [-0.2, -0.15) is 0 Å². The molecule has 0 spiro atoms. The molecular formula is C10H14N6OS. The van der Waals surface area contributed by atoms with Crippen LogP contribution in [0.2, 0.25) is 0 Å². The Kier molecular flexibility index (Phi) is 4.11. The number of rotatable bonds is 5. The quantitative estimate of drug-likeness (QED) is 0.783. The van der Waals surface area contributed by atoms with Crippen LogP contribution in [0.4, 0.5) is 5.82 Å². The van der Waals surface area contributed by atoms with Crippen LogP contribution < -0.4 is 5.73 Å². The Bertz CT molecular complexity index is 529. The number of nitrogens with zero attached hydrogens (tertiary/aromatic N) is 4. The topological polar surface area (TPSA) is 103 Å². The molecule has 0 radical (unpaired) electrons. The Balaban J connectivity index is 2.14. The first-order valence-corrected chi connectivity index (χ1v) is 6.27. The molecule has 2 aromatic heterocycles. The molecule has 3 N–H and O–H groups in total. The molecule has 0 saturated carbocycles. The number of aromatic nitrogens is 5. The maximum absolute atomic E-state index is 5.72. The second kappa shape index (κ2) is 5.78. The maximum Gasteiger partial charge on any atom is 0.214 e. The van der Waals surface area contributed by atoms with Gasteiger partial charge in [-0.3, -0.25) is 5.10 Å². The Morgan fingerprint density at radius 1 is 1.39 bits per heavy atom. The van der Waals surface area contributed by atoms with Crippen molar-refractivity contribution in [2.45, 2.75) is 30.6 Å². The van der Waals surface area contributed by atoms with Gasteiger partial charge >= 0.3 is 0 Å². The fraction of sp³-hybridized carbons (Fsp3) is 0.400. The summed E-state index contributed by atoms with van der Waals surface area (Å²) in [5.41, 5.74) is 5.72. The lowest BCUT2D eigenvalue weighted by molar-refractivity contribution is 0.128. The van der Waals surface area contributed by atoms with Gasteiger partial charge in [-0.1, -0.05) is 0 Å². The van der Waals surface area contributed by atoms with Crippen LogP contribution in [0, 0.1) is 6.92 Å². The minimum Gasteiger partial charge on any atom is -0.384 e. The molecule has 0 aromatic carbocycles. The number of hydrogen-bond acceptors (Lipinski definition) is 7. The predicted molar refractivity (Wildman–Crippen MR) is 67.0 cm³/mol. The van der Waals surface area contributed by atoms with Gasteiger partial charge in [0.05, 0.1) is 0 Å². The van der Waals surface area contributed by atoms with Gasteiger partial charge in [0.15, 0.2) is 5.82 Å². The number of anilines is 1. The van der Waals surface area contributed by atoms with Crippen LogP contribution >= 0.6 is 11.8 Å². The van der Waals surface area contributed by atoms with E-state index in [0.717, 1.165) is 5.82 Å². The third kappa shape index (κ3) is 3.41. The van der Waals surface area contributed by atoms with E-state index in [1.54, 1.807) is 6.07 Å². The van der Waals surface area contributed by atoms with Crippen LogP contribution in [0.25, 0.3) is 0 Å². The van der Waals surface area contributed by atoms with Gasteiger partial charge in [-0.25, -0.2) is 15.0 Å². The Hall–Kier alpha value is -1.67. The molecule has 7 nitrogen and oxygen atoms in total. The molecule has 0 aliphatic carbocycles. The number of H-pyrrole nitrogens is 1. The molecule has 0 bridgehead atoms. The van der Waals surface area contributed by atoms with Gasteiger partial charge in [0.25, 0.3) is 0 Å². The van der Waals surface area contributed by atoms with E-state index in [1.165, 1.54) is 11.8 Å². The zero-order chi connectivity index (χ0) is 13.0. The van der Waals surface area contributed by atoms with Crippen molar-refractivity contribution < 1.29 is 4.74 Å². The van der Waals surface area contributed by atoms with Gasteiger partial charge in [-0.05, 0) is 25.6 Å². The Morgan fingerprint density at radius 2 is 2.22 bits per heavy atom. The summed E-state index contributed by atoms with van der Waals surface area (Å²) in [6.45, 7) is 4.72. The second-order valence-corrected chi connectivity index (χ2v) is 4.48. The van der Waals surface area contributed by atoms with Gasteiger partial charge in [0.1, 0.15) is 23.3 Å². The van der Waals surface area contributed by atoms with Crippen molar-refractivity contribution in [1.82, 2.24) is 25.1 Å². The van der Waals surface area contributed by atoms with Crippen molar-refractivity contribution in [3.63, 3.8) is 0 Å². The van der Waals surface area contributed by atoms with Gasteiger partial charge in [-0.15, -0.1) is 5.10 Å². The molecule has 2 rings (SSSR count). The van der Waals surface area contributed by atoms with Gasteiger partial charge in [0, 0.05) is 12.7 Å². The first-order valence-electron chi connectivity index (χ1n) is 5.45. The van der Waals surface area contributed by atoms with E-state index in [1.807, 2.05) is 13.8 Å². The Labute approximate surface area is 109 Å². The SMILES string of the molecule is CCOCc1nc(N)cc(Sc2n[nH]c(C)n2)n1. The molecule has 0 unspecified atom stereocenters. The molecule has 2 aromatic rings. The lowest BCUT2D eigenvalue weighted by atomic mass is 10.5. The van der Waals surface area contributed by atoms with E-state index < -0.39 is 0 Å². The van der Waals surface area contributed by atoms with E-state index in [2.05, 4.69) is 25.1 Å². The molecular weight excluding hydrogens is 252 g/mol. The molecule has 2 heterocycles. The zero-order valence-electron chi connectivity index (χ0n) is 10.2. The highest BCUT2D eigenvalue weighted by Gasteiger charge is 2.07. The summed E-state index contributed by atoms with van der Waals surface area (Å²) in [7, 11) is 0. The zero-order valence-corrected chi connectivity index (χ0v) is 11.0. The van der Waals surface area contributed by atoms with Crippen LogP contribution in [0.15, 0.2) is 16.2 Å². The standard InChI is InChI=1S/C10H14N6OS/c1-3-17-5-8-13-7(11)4-9(14-8)18-10-12-6(2)15-16-10/h4H,3,5H2,1-2H3,(H2,11,13,14)(H,12,15,16). The number of hydrogen-bond donors (Lipinski definition) is 2. The number of ether oxygens (including phenoxy) is 1. The van der Waals surface area contributed by atoms with Crippen molar-refractivity contribution in [1.29, 1.82) is 0 Å². The average molecular weight is 266 g/mol. The third-order valence-electron chi connectivity index (χ3n) is 1.98. The molecule has 0 aliphatic rings. The number of nitrogens with one attached hydrogen (secondary N) is 1. The summed E-state index contributed by atoms with van der Waals surface area (Å²) in [6.07, 6.45) is 0. The maximum atomic E-state index is 5.72. The minimum absolute atomic E-state index is 0.349. The van der Waals surface area contributed by atoms with Crippen molar-refractivity contribution in [2.75, 3.05) is 12.3 Å². The van der Waals surface area contributed by atoms with Gasteiger partial charge < -0.3 is 10.5 Å². The van der Waals surface area contributed by atoms with E-state index in [9.17, 15) is 0 Å². The van der Waals surface area contributed by atoms with Crippen molar-refractivity contribution in [2.24, 2.45) is 0 Å². The molecule has 0 aliphatic heterocycles. The largest absolute Gasteiger partial charge is 0.384 e. The highest BCUT2D eigenvalue weighted by molar-refractivity contribution is 7.99. The van der Waals surface area contributed by atoms with Crippen molar-refractivity contribution in [3.05, 3.63) is 17.7 Å². The normalized spacial score (nSPS) is 10.8. The summed E-state index contributed by atoms with van der Waals surface area (Å²) >= 11 is 1.33. The van der Waals surface area contributed by atoms with Crippen LogP contribution in [-0.2, 0) is 11.3 Å². The highest BCUT2D eigenvalue weighted by atomic mass is 32.2. The van der Waals surface area contributed by atoms with E-state index in [0.29, 0.717) is 35.0 Å². The molecule has 96 valence electrons. The Morgan fingerprint density at radius 3 is 2.89 bits per heavy atom. The number of aromatic amines is 1. The van der Waals surface area contributed by atoms with Crippen molar-refractivity contribution in [3.8, 4) is 0 Å². The third-order valence-corrected chi connectivity index (χ3v) is 2.76. The predicted octanol–water partition coefficient (Wildman–Crippen LogP) is 1.17. The number of nitrogens with two attached hydrogens (primary N) is 1. The second-order valence-electron chi connectivity index (χ2n) is 3.49. The molecule has 0 fully saturated rings. The molecule has 18 heavy (non-hydrogen) atoms. The minimum atomic E-state index is 0.349. The van der Waals surface area contributed by atoms with Crippen LogP contribution in [0.5, 0.6) is 0 Å². The smallest absolute Gasteiger partial charge is 0.214 e. The highest BCUT2D eigenvalue weighted by Crippen LogP contribution is 2.23. The molecule has 8 heteroatoms. The molecule has 0 saturated heterocycles. The lowest BCUT2D eigenvalue weighted by Crippen LogP contribution is -2.03. The van der Waals surface area contributed by atoms with Crippen LogP contribution in [-0.4, -0.2) is 31.8 Å². The molecule has 0 amide bonds. The first kappa shape index (κ1) is 12.8. The fourth-order valence-corrected chi connectivity index (χ4v) is 2.06.